The van der Waals surface area contributed by atoms with E-state index >= 15 is 0 Å². The van der Waals surface area contributed by atoms with Crippen LogP contribution in [0.1, 0.15) is 44.1 Å². The number of piperidine rings is 1. The topological polar surface area (TPSA) is 88.3 Å². The zero-order valence-electron chi connectivity index (χ0n) is 15.1. The zero-order valence-corrected chi connectivity index (χ0v) is 16.7. The molecule has 146 valence electrons. The molecule has 3 rings (SSSR count). The third kappa shape index (κ3) is 5.09. The molecule has 0 aromatic carbocycles. The van der Waals surface area contributed by atoms with E-state index in [1.54, 1.807) is 17.2 Å². The van der Waals surface area contributed by atoms with Gasteiger partial charge in [0.05, 0.1) is 11.5 Å². The summed E-state index contributed by atoms with van der Waals surface area (Å²) in [5.41, 5.74) is 6.63. The van der Waals surface area contributed by atoms with E-state index in [1.165, 1.54) is 0 Å². The normalized spacial score (nSPS) is 21.3. The van der Waals surface area contributed by atoms with Crippen molar-refractivity contribution in [3.05, 3.63) is 23.9 Å². The first-order valence-electron chi connectivity index (χ1n) is 8.80. The fourth-order valence-corrected chi connectivity index (χ4v) is 3.68. The van der Waals surface area contributed by atoms with Crippen molar-refractivity contribution in [3.63, 3.8) is 0 Å². The second kappa shape index (κ2) is 9.53. The molecule has 0 radical (unpaired) electrons. The summed E-state index contributed by atoms with van der Waals surface area (Å²) < 4.78 is 0. The van der Waals surface area contributed by atoms with Crippen LogP contribution in [-0.4, -0.2) is 40.3 Å². The van der Waals surface area contributed by atoms with Gasteiger partial charge in [0.25, 0.3) is 0 Å². The molecule has 2 aliphatic rings. The van der Waals surface area contributed by atoms with Crippen molar-refractivity contribution in [1.82, 2.24) is 9.88 Å². The maximum atomic E-state index is 12.7. The van der Waals surface area contributed by atoms with Gasteiger partial charge in [0.1, 0.15) is 5.82 Å². The SMILES string of the molecule is Cc1ccc(NC(=O)C2CCCN(C(=O)C3(N)CCCC3)C2)nc1.Cl.Cl. The molecule has 1 unspecified atom stereocenters. The van der Waals surface area contributed by atoms with Crippen LogP contribution in [0.3, 0.4) is 0 Å². The number of likely N-dealkylation sites (tertiary alicyclic amines) is 1. The number of rotatable bonds is 3. The molecule has 1 saturated heterocycles. The highest BCUT2D eigenvalue weighted by molar-refractivity contribution is 5.93. The van der Waals surface area contributed by atoms with Crippen LogP contribution in [0, 0.1) is 12.8 Å². The number of amides is 2. The first-order chi connectivity index (χ1) is 11.5. The van der Waals surface area contributed by atoms with Crippen molar-refractivity contribution in [2.24, 2.45) is 11.7 Å². The Labute approximate surface area is 167 Å². The number of nitrogens with zero attached hydrogens (tertiary/aromatic N) is 2. The molecule has 26 heavy (non-hydrogen) atoms. The molecule has 2 fully saturated rings. The summed E-state index contributed by atoms with van der Waals surface area (Å²) in [6.07, 6.45) is 6.89. The Hall–Kier alpha value is -1.37. The number of nitrogens with one attached hydrogen (secondary N) is 1. The Bertz CT molecular complexity index is 618. The lowest BCUT2D eigenvalue weighted by molar-refractivity contribution is -0.139. The average molecular weight is 403 g/mol. The minimum absolute atomic E-state index is 0. The van der Waals surface area contributed by atoms with Gasteiger partial charge in [0.2, 0.25) is 11.8 Å². The Morgan fingerprint density at radius 3 is 2.54 bits per heavy atom. The minimum Gasteiger partial charge on any atom is -0.340 e. The molecule has 1 aromatic heterocycles. The van der Waals surface area contributed by atoms with E-state index in [1.807, 2.05) is 13.0 Å². The number of hydrogen-bond acceptors (Lipinski definition) is 4. The summed E-state index contributed by atoms with van der Waals surface area (Å²) in [6.45, 7) is 3.11. The molecular formula is C18H28Cl2N4O2. The fraction of sp³-hybridized carbons (Fsp3) is 0.611. The number of nitrogens with two attached hydrogens (primary N) is 1. The van der Waals surface area contributed by atoms with Gasteiger partial charge in [-0.25, -0.2) is 4.98 Å². The van der Waals surface area contributed by atoms with Gasteiger partial charge in [0, 0.05) is 19.3 Å². The maximum Gasteiger partial charge on any atom is 0.242 e. The lowest BCUT2D eigenvalue weighted by atomic mass is 9.92. The number of aromatic nitrogens is 1. The molecule has 1 atom stereocenters. The number of carbonyl (C=O) groups is 2. The van der Waals surface area contributed by atoms with Crippen LogP contribution in [0.2, 0.25) is 0 Å². The summed E-state index contributed by atoms with van der Waals surface area (Å²) in [5.74, 6) is 0.309. The fourth-order valence-electron chi connectivity index (χ4n) is 3.68. The van der Waals surface area contributed by atoms with Gasteiger partial charge in [-0.15, -0.1) is 24.8 Å². The van der Waals surface area contributed by atoms with E-state index in [4.69, 9.17) is 5.73 Å². The molecule has 2 heterocycles. The predicted octanol–water partition coefficient (Wildman–Crippen LogP) is 2.68. The molecule has 0 bridgehead atoms. The molecule has 3 N–H and O–H groups in total. The first-order valence-corrected chi connectivity index (χ1v) is 8.80. The quantitative estimate of drug-likeness (QED) is 0.812. The van der Waals surface area contributed by atoms with Gasteiger partial charge in [0.15, 0.2) is 0 Å². The third-order valence-corrected chi connectivity index (χ3v) is 5.16. The summed E-state index contributed by atoms with van der Waals surface area (Å²) in [5, 5.41) is 2.86. The van der Waals surface area contributed by atoms with Gasteiger partial charge >= 0.3 is 0 Å². The van der Waals surface area contributed by atoms with Gasteiger partial charge in [-0.3, -0.25) is 9.59 Å². The number of anilines is 1. The van der Waals surface area contributed by atoms with Crippen molar-refractivity contribution >= 4 is 42.4 Å². The highest BCUT2D eigenvalue weighted by atomic mass is 35.5. The highest BCUT2D eigenvalue weighted by Gasteiger charge is 2.41. The molecule has 1 aromatic rings. The molecule has 1 saturated carbocycles. The van der Waals surface area contributed by atoms with Gasteiger partial charge < -0.3 is 16.0 Å². The molecule has 2 amide bonds. The standard InChI is InChI=1S/C18H26N4O2.2ClH/c1-13-6-7-15(20-11-13)21-16(23)14-5-4-10-22(12-14)17(24)18(19)8-2-3-9-18;;/h6-7,11,14H,2-5,8-10,12,19H2,1H3,(H,20,21,23);2*1H. The van der Waals surface area contributed by atoms with Crippen LogP contribution in [0.15, 0.2) is 18.3 Å². The number of halogens is 2. The van der Waals surface area contributed by atoms with Crippen LogP contribution in [0.5, 0.6) is 0 Å². The van der Waals surface area contributed by atoms with E-state index in [9.17, 15) is 9.59 Å². The van der Waals surface area contributed by atoms with Gasteiger partial charge in [-0.2, -0.15) is 0 Å². The summed E-state index contributed by atoms with van der Waals surface area (Å²) in [6, 6.07) is 3.71. The van der Waals surface area contributed by atoms with Crippen LogP contribution in [0.4, 0.5) is 5.82 Å². The minimum atomic E-state index is -0.711. The van der Waals surface area contributed by atoms with Crippen molar-refractivity contribution in [3.8, 4) is 0 Å². The van der Waals surface area contributed by atoms with Gasteiger partial charge in [-0.1, -0.05) is 18.9 Å². The molecule has 8 heteroatoms. The molecule has 1 aliphatic carbocycles. The third-order valence-electron chi connectivity index (χ3n) is 5.16. The van der Waals surface area contributed by atoms with Crippen LogP contribution in [-0.2, 0) is 9.59 Å². The molecule has 1 aliphatic heterocycles. The van der Waals surface area contributed by atoms with E-state index in [2.05, 4.69) is 10.3 Å². The predicted molar refractivity (Wildman–Crippen MR) is 107 cm³/mol. The van der Waals surface area contributed by atoms with Crippen molar-refractivity contribution in [2.45, 2.75) is 51.0 Å². The monoisotopic (exact) mass is 402 g/mol. The Kier molecular flexibility index (Phi) is 8.31. The lowest BCUT2D eigenvalue weighted by Crippen LogP contribution is -2.56. The van der Waals surface area contributed by atoms with Crippen molar-refractivity contribution in [2.75, 3.05) is 18.4 Å². The van der Waals surface area contributed by atoms with E-state index < -0.39 is 5.54 Å². The summed E-state index contributed by atoms with van der Waals surface area (Å²) in [7, 11) is 0. The molecule has 6 nitrogen and oxygen atoms in total. The average Bonchev–Trinajstić information content (AvgIpc) is 3.04. The van der Waals surface area contributed by atoms with E-state index in [0.717, 1.165) is 44.1 Å². The molecular weight excluding hydrogens is 375 g/mol. The Morgan fingerprint density at radius 2 is 1.92 bits per heavy atom. The van der Waals surface area contributed by atoms with Crippen LogP contribution >= 0.6 is 24.8 Å². The molecule has 0 spiro atoms. The Balaban J connectivity index is 0.00000169. The summed E-state index contributed by atoms with van der Waals surface area (Å²) in [4.78, 5) is 31.2. The Morgan fingerprint density at radius 1 is 1.23 bits per heavy atom. The summed E-state index contributed by atoms with van der Waals surface area (Å²) >= 11 is 0. The highest BCUT2D eigenvalue weighted by Crippen LogP contribution is 2.30. The lowest BCUT2D eigenvalue weighted by Gasteiger charge is -2.36. The number of carbonyl (C=O) groups excluding carboxylic acids is 2. The van der Waals surface area contributed by atoms with Crippen LogP contribution in [0.25, 0.3) is 0 Å². The maximum absolute atomic E-state index is 12.7. The van der Waals surface area contributed by atoms with E-state index in [0.29, 0.717) is 18.9 Å². The second-order valence-corrected chi connectivity index (χ2v) is 7.16. The smallest absolute Gasteiger partial charge is 0.242 e. The van der Waals surface area contributed by atoms with Crippen molar-refractivity contribution in [1.29, 1.82) is 0 Å². The van der Waals surface area contributed by atoms with E-state index in [-0.39, 0.29) is 42.5 Å². The number of aryl methyl sites for hydroxylation is 1. The first kappa shape index (κ1) is 22.7. The number of pyridine rings is 1. The largest absolute Gasteiger partial charge is 0.340 e. The zero-order chi connectivity index (χ0) is 17.2. The van der Waals surface area contributed by atoms with Gasteiger partial charge in [-0.05, 0) is 44.2 Å². The van der Waals surface area contributed by atoms with Crippen molar-refractivity contribution < 1.29 is 9.59 Å². The number of hydrogen-bond donors (Lipinski definition) is 2. The second-order valence-electron chi connectivity index (χ2n) is 7.16. The van der Waals surface area contributed by atoms with Crippen LogP contribution < -0.4 is 11.1 Å².